The van der Waals surface area contributed by atoms with Gasteiger partial charge in [-0.05, 0) is 46.6 Å². The fourth-order valence-corrected chi connectivity index (χ4v) is 3.03. The van der Waals surface area contributed by atoms with Gasteiger partial charge in [0.1, 0.15) is 5.75 Å². The van der Waals surface area contributed by atoms with E-state index in [1.807, 2.05) is 19.1 Å². The molecule has 134 valence electrons. The van der Waals surface area contributed by atoms with Crippen LogP contribution in [0.5, 0.6) is 23.0 Å². The zero-order valence-electron chi connectivity index (χ0n) is 14.7. The molecule has 25 heavy (non-hydrogen) atoms. The van der Waals surface area contributed by atoms with Gasteiger partial charge in [0, 0.05) is 0 Å². The normalized spacial score (nSPS) is 10.2. The maximum atomic E-state index is 12.8. The predicted molar refractivity (Wildman–Crippen MR) is 99.5 cm³/mol. The van der Waals surface area contributed by atoms with E-state index < -0.39 is 0 Å². The molecule has 0 saturated carbocycles. The van der Waals surface area contributed by atoms with Crippen LogP contribution in [0.25, 0.3) is 0 Å². The smallest absolute Gasteiger partial charge is 0.257 e. The monoisotopic (exact) mass is 409 g/mol. The van der Waals surface area contributed by atoms with Crippen LogP contribution in [0.1, 0.15) is 15.9 Å². The Labute approximate surface area is 155 Å². The summed E-state index contributed by atoms with van der Waals surface area (Å²) in [7, 11) is 6.05. The van der Waals surface area contributed by atoms with Gasteiger partial charge in [0.2, 0.25) is 5.75 Å². The maximum absolute atomic E-state index is 12.8. The quantitative estimate of drug-likeness (QED) is 0.779. The Morgan fingerprint density at radius 1 is 0.920 bits per heavy atom. The summed E-state index contributed by atoms with van der Waals surface area (Å²) in [5.41, 5.74) is 1.92. The molecule has 0 saturated heterocycles. The molecule has 0 unspecified atom stereocenters. The molecule has 0 spiro atoms. The van der Waals surface area contributed by atoms with Crippen molar-refractivity contribution in [3.63, 3.8) is 0 Å². The van der Waals surface area contributed by atoms with Gasteiger partial charge in [-0.1, -0.05) is 6.07 Å². The van der Waals surface area contributed by atoms with E-state index in [1.165, 1.54) is 21.3 Å². The number of aryl methyl sites for hydroxylation is 1. The first-order valence-corrected chi connectivity index (χ1v) is 8.20. The highest BCUT2D eigenvalue weighted by atomic mass is 79.9. The Balaban J connectivity index is 2.48. The number of carbonyl (C=O) groups excluding carboxylic acids is 1. The zero-order valence-corrected chi connectivity index (χ0v) is 16.3. The van der Waals surface area contributed by atoms with E-state index in [0.717, 1.165) is 5.56 Å². The Bertz CT molecular complexity index is 792. The number of benzene rings is 2. The van der Waals surface area contributed by atoms with Gasteiger partial charge in [0.15, 0.2) is 11.5 Å². The SMILES string of the molecule is COc1ccc(C)cc1NC(=O)c1cc(OC)c(OC)c(OC)c1Br. The molecule has 0 aliphatic carbocycles. The van der Waals surface area contributed by atoms with Crippen LogP contribution in [0, 0.1) is 6.92 Å². The second kappa shape index (κ2) is 8.11. The molecule has 0 aliphatic rings. The molecular formula is C18H20BrNO5. The van der Waals surface area contributed by atoms with Crippen molar-refractivity contribution in [1.29, 1.82) is 0 Å². The highest BCUT2D eigenvalue weighted by Crippen LogP contribution is 2.45. The number of amides is 1. The van der Waals surface area contributed by atoms with E-state index in [-0.39, 0.29) is 5.91 Å². The molecular weight excluding hydrogens is 390 g/mol. The Morgan fingerprint density at radius 2 is 1.56 bits per heavy atom. The summed E-state index contributed by atoms with van der Waals surface area (Å²) >= 11 is 3.41. The number of hydrogen-bond acceptors (Lipinski definition) is 5. The van der Waals surface area contributed by atoms with E-state index in [1.54, 1.807) is 19.2 Å². The number of ether oxygens (including phenoxy) is 4. The lowest BCUT2D eigenvalue weighted by Gasteiger charge is -2.17. The molecule has 0 radical (unpaired) electrons. The first kappa shape index (κ1) is 18.9. The van der Waals surface area contributed by atoms with Gasteiger partial charge in [-0.3, -0.25) is 4.79 Å². The van der Waals surface area contributed by atoms with Crippen LogP contribution in [-0.2, 0) is 0 Å². The third kappa shape index (κ3) is 3.82. The zero-order chi connectivity index (χ0) is 18.6. The second-order valence-corrected chi connectivity index (χ2v) is 5.96. The third-order valence-corrected chi connectivity index (χ3v) is 4.40. The molecule has 0 fully saturated rings. The van der Waals surface area contributed by atoms with Crippen LogP contribution in [0.15, 0.2) is 28.7 Å². The second-order valence-electron chi connectivity index (χ2n) is 5.16. The van der Waals surface area contributed by atoms with Crippen molar-refractivity contribution in [1.82, 2.24) is 0 Å². The van der Waals surface area contributed by atoms with Crippen molar-refractivity contribution >= 4 is 27.5 Å². The first-order valence-electron chi connectivity index (χ1n) is 7.41. The molecule has 2 aromatic rings. The van der Waals surface area contributed by atoms with Crippen molar-refractivity contribution in [2.24, 2.45) is 0 Å². The summed E-state index contributed by atoms with van der Waals surface area (Å²) in [5.74, 6) is 1.41. The maximum Gasteiger partial charge on any atom is 0.257 e. The topological polar surface area (TPSA) is 66.0 Å². The fourth-order valence-electron chi connectivity index (χ4n) is 2.40. The minimum Gasteiger partial charge on any atom is -0.495 e. The number of nitrogens with one attached hydrogen (secondary N) is 1. The van der Waals surface area contributed by atoms with Crippen molar-refractivity contribution in [3.05, 3.63) is 39.9 Å². The van der Waals surface area contributed by atoms with Crippen molar-refractivity contribution < 1.29 is 23.7 Å². The molecule has 0 aliphatic heterocycles. The molecule has 2 rings (SSSR count). The van der Waals surface area contributed by atoms with Gasteiger partial charge in [-0.15, -0.1) is 0 Å². The van der Waals surface area contributed by atoms with E-state index in [2.05, 4.69) is 21.2 Å². The predicted octanol–water partition coefficient (Wildman–Crippen LogP) is 4.04. The highest BCUT2D eigenvalue weighted by molar-refractivity contribution is 9.10. The summed E-state index contributed by atoms with van der Waals surface area (Å²) in [5, 5.41) is 2.85. The number of halogens is 1. The molecule has 2 aromatic carbocycles. The lowest BCUT2D eigenvalue weighted by atomic mass is 10.1. The number of carbonyl (C=O) groups is 1. The van der Waals surface area contributed by atoms with Gasteiger partial charge in [0.25, 0.3) is 5.91 Å². The summed E-state index contributed by atoms with van der Waals surface area (Å²) in [6.45, 7) is 1.93. The van der Waals surface area contributed by atoms with E-state index >= 15 is 0 Å². The molecule has 0 bridgehead atoms. The minimum absolute atomic E-state index is 0.338. The lowest BCUT2D eigenvalue weighted by Crippen LogP contribution is -2.14. The Kier molecular flexibility index (Phi) is 6.14. The average molecular weight is 410 g/mol. The van der Waals surface area contributed by atoms with Gasteiger partial charge in [0.05, 0.1) is 44.2 Å². The Morgan fingerprint density at radius 3 is 2.12 bits per heavy atom. The van der Waals surface area contributed by atoms with Crippen LogP contribution in [0.2, 0.25) is 0 Å². The summed E-state index contributed by atoms with van der Waals surface area (Å²) in [4.78, 5) is 12.8. The molecule has 0 aromatic heterocycles. The van der Waals surface area contributed by atoms with E-state index in [4.69, 9.17) is 18.9 Å². The van der Waals surface area contributed by atoms with Crippen molar-refractivity contribution in [3.8, 4) is 23.0 Å². The van der Waals surface area contributed by atoms with Crippen LogP contribution in [0.3, 0.4) is 0 Å². The summed E-state index contributed by atoms with van der Waals surface area (Å²) in [6.07, 6.45) is 0. The van der Waals surface area contributed by atoms with Crippen molar-refractivity contribution in [2.45, 2.75) is 6.92 Å². The largest absolute Gasteiger partial charge is 0.495 e. The number of hydrogen-bond donors (Lipinski definition) is 1. The molecule has 6 nitrogen and oxygen atoms in total. The minimum atomic E-state index is -0.338. The van der Waals surface area contributed by atoms with Gasteiger partial charge in [-0.25, -0.2) is 0 Å². The van der Waals surface area contributed by atoms with Gasteiger partial charge in [-0.2, -0.15) is 0 Å². The molecule has 0 heterocycles. The molecule has 0 atom stereocenters. The standard InChI is InChI=1S/C18H20BrNO5/c1-10-6-7-13(22-2)12(8-10)20-18(21)11-9-14(23-3)16(24-4)17(25-5)15(11)19/h6-9H,1-5H3,(H,20,21). The van der Waals surface area contributed by atoms with Crippen LogP contribution < -0.4 is 24.3 Å². The molecule has 7 heteroatoms. The highest BCUT2D eigenvalue weighted by Gasteiger charge is 2.23. The first-order chi connectivity index (χ1) is 12.0. The van der Waals surface area contributed by atoms with E-state index in [0.29, 0.717) is 38.7 Å². The van der Waals surface area contributed by atoms with Crippen molar-refractivity contribution in [2.75, 3.05) is 33.8 Å². The van der Waals surface area contributed by atoms with Crippen LogP contribution >= 0.6 is 15.9 Å². The molecule has 1 amide bonds. The molecule has 1 N–H and O–H groups in total. The average Bonchev–Trinajstić information content (AvgIpc) is 2.61. The lowest BCUT2D eigenvalue weighted by molar-refractivity contribution is 0.102. The number of rotatable bonds is 6. The van der Waals surface area contributed by atoms with Crippen LogP contribution in [-0.4, -0.2) is 34.3 Å². The fraction of sp³-hybridized carbons (Fsp3) is 0.278. The summed E-state index contributed by atoms with van der Waals surface area (Å²) < 4.78 is 21.7. The van der Waals surface area contributed by atoms with Gasteiger partial charge < -0.3 is 24.3 Å². The number of methoxy groups -OCH3 is 4. The third-order valence-electron chi connectivity index (χ3n) is 3.62. The summed E-state index contributed by atoms with van der Waals surface area (Å²) in [6, 6.07) is 7.13. The van der Waals surface area contributed by atoms with Crippen LogP contribution in [0.4, 0.5) is 5.69 Å². The number of anilines is 1. The van der Waals surface area contributed by atoms with E-state index in [9.17, 15) is 4.79 Å². The van der Waals surface area contributed by atoms with Gasteiger partial charge >= 0.3 is 0 Å². The Hall–Kier alpha value is -2.41.